The van der Waals surface area contributed by atoms with E-state index in [4.69, 9.17) is 28.9 Å². The minimum atomic E-state index is 0.483. The Labute approximate surface area is 118 Å². The van der Waals surface area contributed by atoms with Crippen molar-refractivity contribution in [3.63, 3.8) is 0 Å². The van der Waals surface area contributed by atoms with Crippen LogP contribution in [0.2, 0.25) is 10.0 Å². The van der Waals surface area contributed by atoms with Gasteiger partial charge in [-0.25, -0.2) is 0 Å². The number of halogens is 3. The van der Waals surface area contributed by atoms with E-state index in [-0.39, 0.29) is 0 Å². The SMILES string of the molecule is Nc1cc(Br)ccc1Nc1cccc(Cl)c1Cl. The van der Waals surface area contributed by atoms with Crippen LogP contribution in [0.25, 0.3) is 0 Å². The monoisotopic (exact) mass is 330 g/mol. The van der Waals surface area contributed by atoms with Crippen molar-refractivity contribution >= 4 is 56.2 Å². The Bertz CT molecular complexity index is 558. The summed E-state index contributed by atoms with van der Waals surface area (Å²) in [5, 5.41) is 4.14. The smallest absolute Gasteiger partial charge is 0.0827 e. The third kappa shape index (κ3) is 2.86. The van der Waals surface area contributed by atoms with Crippen molar-refractivity contribution in [2.24, 2.45) is 0 Å². The Morgan fingerprint density at radius 2 is 1.82 bits per heavy atom. The molecule has 0 atom stereocenters. The highest BCUT2D eigenvalue weighted by molar-refractivity contribution is 9.10. The van der Waals surface area contributed by atoms with Gasteiger partial charge in [-0.3, -0.25) is 0 Å². The van der Waals surface area contributed by atoms with Crippen molar-refractivity contribution in [2.75, 3.05) is 11.1 Å². The number of nitrogen functional groups attached to an aromatic ring is 1. The molecule has 0 heterocycles. The van der Waals surface area contributed by atoms with E-state index >= 15 is 0 Å². The van der Waals surface area contributed by atoms with Crippen LogP contribution in [0.3, 0.4) is 0 Å². The largest absolute Gasteiger partial charge is 0.397 e. The molecule has 0 amide bonds. The van der Waals surface area contributed by atoms with Crippen LogP contribution in [-0.4, -0.2) is 0 Å². The van der Waals surface area contributed by atoms with Crippen molar-refractivity contribution in [1.29, 1.82) is 0 Å². The first-order valence-electron chi connectivity index (χ1n) is 4.84. The van der Waals surface area contributed by atoms with Gasteiger partial charge in [0.15, 0.2) is 0 Å². The lowest BCUT2D eigenvalue weighted by atomic mass is 10.2. The number of hydrogen-bond donors (Lipinski definition) is 2. The molecule has 0 aromatic heterocycles. The molecule has 0 aliphatic rings. The summed E-state index contributed by atoms with van der Waals surface area (Å²) in [5.74, 6) is 0. The fraction of sp³-hybridized carbons (Fsp3) is 0. The summed E-state index contributed by atoms with van der Waals surface area (Å²) < 4.78 is 0.928. The first-order chi connectivity index (χ1) is 8.08. The minimum absolute atomic E-state index is 0.483. The Morgan fingerprint density at radius 3 is 2.53 bits per heavy atom. The Morgan fingerprint density at radius 1 is 1.06 bits per heavy atom. The molecule has 3 N–H and O–H groups in total. The number of benzene rings is 2. The lowest BCUT2D eigenvalue weighted by molar-refractivity contribution is 1.53. The first-order valence-corrected chi connectivity index (χ1v) is 6.39. The molecule has 0 saturated carbocycles. The van der Waals surface area contributed by atoms with Crippen molar-refractivity contribution in [2.45, 2.75) is 0 Å². The van der Waals surface area contributed by atoms with Gasteiger partial charge >= 0.3 is 0 Å². The van der Waals surface area contributed by atoms with Crippen molar-refractivity contribution in [3.8, 4) is 0 Å². The van der Waals surface area contributed by atoms with Crippen LogP contribution in [0.1, 0.15) is 0 Å². The summed E-state index contributed by atoms with van der Waals surface area (Å²) in [4.78, 5) is 0. The lowest BCUT2D eigenvalue weighted by Gasteiger charge is -2.11. The van der Waals surface area contributed by atoms with E-state index in [2.05, 4.69) is 21.2 Å². The topological polar surface area (TPSA) is 38.0 Å². The van der Waals surface area contributed by atoms with E-state index in [0.717, 1.165) is 15.8 Å². The van der Waals surface area contributed by atoms with Gasteiger partial charge in [-0.1, -0.05) is 45.2 Å². The van der Waals surface area contributed by atoms with E-state index in [9.17, 15) is 0 Å². The third-order valence-electron chi connectivity index (χ3n) is 2.23. The maximum absolute atomic E-state index is 6.08. The van der Waals surface area contributed by atoms with Crippen molar-refractivity contribution in [3.05, 3.63) is 50.9 Å². The molecule has 0 bridgehead atoms. The molecule has 2 nitrogen and oxygen atoms in total. The number of anilines is 3. The number of rotatable bonds is 2. The second-order valence-corrected chi connectivity index (χ2v) is 5.16. The highest BCUT2D eigenvalue weighted by Crippen LogP contribution is 2.33. The molecule has 0 aliphatic carbocycles. The highest BCUT2D eigenvalue weighted by atomic mass is 79.9. The third-order valence-corrected chi connectivity index (χ3v) is 3.55. The van der Waals surface area contributed by atoms with Gasteiger partial charge in [0.25, 0.3) is 0 Å². The summed E-state index contributed by atoms with van der Waals surface area (Å²) in [6, 6.07) is 11.0. The van der Waals surface area contributed by atoms with Crippen LogP contribution in [0, 0.1) is 0 Å². The summed E-state index contributed by atoms with van der Waals surface area (Å²) in [6.07, 6.45) is 0. The zero-order valence-corrected chi connectivity index (χ0v) is 11.8. The molecule has 17 heavy (non-hydrogen) atoms. The van der Waals surface area contributed by atoms with Crippen molar-refractivity contribution < 1.29 is 0 Å². The van der Waals surface area contributed by atoms with Crippen LogP contribution < -0.4 is 11.1 Å². The molecule has 88 valence electrons. The van der Waals surface area contributed by atoms with E-state index in [0.29, 0.717) is 15.7 Å². The van der Waals surface area contributed by atoms with Gasteiger partial charge in [-0.2, -0.15) is 0 Å². The first kappa shape index (κ1) is 12.6. The molecule has 2 aromatic rings. The van der Waals surface area contributed by atoms with Crippen LogP contribution >= 0.6 is 39.1 Å². The van der Waals surface area contributed by atoms with Crippen molar-refractivity contribution in [1.82, 2.24) is 0 Å². The summed E-state index contributed by atoms with van der Waals surface area (Å²) in [5.41, 5.74) is 8.04. The lowest BCUT2D eigenvalue weighted by Crippen LogP contribution is -1.96. The van der Waals surface area contributed by atoms with E-state index < -0.39 is 0 Å². The Kier molecular flexibility index (Phi) is 3.82. The number of nitrogens with one attached hydrogen (secondary N) is 1. The molecule has 2 aromatic carbocycles. The van der Waals surface area contributed by atoms with Gasteiger partial charge in [0.2, 0.25) is 0 Å². The second-order valence-electron chi connectivity index (χ2n) is 3.46. The molecule has 0 saturated heterocycles. The van der Waals surface area contributed by atoms with Crippen LogP contribution in [0.5, 0.6) is 0 Å². The normalized spacial score (nSPS) is 10.3. The van der Waals surface area contributed by atoms with Gasteiger partial charge in [0.05, 0.1) is 27.1 Å². The summed E-state index contributed by atoms with van der Waals surface area (Å²) in [6.45, 7) is 0. The molecule has 0 unspecified atom stereocenters. The van der Waals surface area contributed by atoms with Gasteiger partial charge in [-0.05, 0) is 30.3 Å². The molecular formula is C12H9BrCl2N2. The predicted octanol–water partition coefficient (Wildman–Crippen LogP) is 5.08. The molecule has 0 spiro atoms. The zero-order chi connectivity index (χ0) is 12.4. The fourth-order valence-electron chi connectivity index (χ4n) is 1.39. The second kappa shape index (κ2) is 5.17. The highest BCUT2D eigenvalue weighted by Gasteiger charge is 2.06. The fourth-order valence-corrected chi connectivity index (χ4v) is 2.12. The molecule has 0 radical (unpaired) electrons. The standard InChI is InChI=1S/C12H9BrCl2N2/c13-7-4-5-10(9(16)6-7)17-11-3-1-2-8(14)12(11)15/h1-6,17H,16H2. The Hall–Kier alpha value is -0.900. The van der Waals surface area contributed by atoms with Gasteiger partial charge in [-0.15, -0.1) is 0 Å². The number of hydrogen-bond acceptors (Lipinski definition) is 2. The van der Waals surface area contributed by atoms with Gasteiger partial charge in [0.1, 0.15) is 0 Å². The van der Waals surface area contributed by atoms with Crippen LogP contribution in [0.4, 0.5) is 17.1 Å². The number of nitrogens with two attached hydrogens (primary N) is 1. The zero-order valence-electron chi connectivity index (χ0n) is 8.68. The minimum Gasteiger partial charge on any atom is -0.397 e. The molecular weight excluding hydrogens is 323 g/mol. The van der Waals surface area contributed by atoms with Gasteiger partial charge in [0, 0.05) is 4.47 Å². The average molecular weight is 332 g/mol. The molecule has 0 fully saturated rings. The molecule has 2 rings (SSSR count). The Balaban J connectivity index is 2.35. The molecule has 5 heteroatoms. The maximum atomic E-state index is 6.08. The average Bonchev–Trinajstić information content (AvgIpc) is 2.28. The molecule has 0 aliphatic heterocycles. The maximum Gasteiger partial charge on any atom is 0.0827 e. The summed E-state index contributed by atoms with van der Waals surface area (Å²) in [7, 11) is 0. The van der Waals surface area contributed by atoms with E-state index in [1.54, 1.807) is 6.07 Å². The quantitative estimate of drug-likeness (QED) is 0.753. The van der Waals surface area contributed by atoms with Gasteiger partial charge < -0.3 is 11.1 Å². The van der Waals surface area contributed by atoms with Crippen LogP contribution in [-0.2, 0) is 0 Å². The predicted molar refractivity (Wildman–Crippen MR) is 78.3 cm³/mol. The summed E-state index contributed by atoms with van der Waals surface area (Å²) >= 11 is 15.4. The van der Waals surface area contributed by atoms with E-state index in [1.807, 2.05) is 30.3 Å². The van der Waals surface area contributed by atoms with Crippen LogP contribution in [0.15, 0.2) is 40.9 Å². The van der Waals surface area contributed by atoms with E-state index in [1.165, 1.54) is 0 Å².